The summed E-state index contributed by atoms with van der Waals surface area (Å²) in [5.74, 6) is 0. The van der Waals surface area contributed by atoms with Crippen molar-refractivity contribution < 1.29 is 0 Å². The SMILES string of the molecule is CCC[C@@H](C)NCC. The Labute approximate surface area is 52.5 Å². The van der Waals surface area contributed by atoms with Gasteiger partial charge in [0, 0.05) is 6.04 Å². The highest BCUT2D eigenvalue weighted by Gasteiger charge is 1.93. The first kappa shape index (κ1) is 7.96. The third-order valence-electron chi connectivity index (χ3n) is 1.27. The molecule has 50 valence electrons. The molecule has 0 aliphatic rings. The first-order valence-electron chi connectivity index (χ1n) is 3.54. The minimum absolute atomic E-state index is 0.713. The molecule has 0 aliphatic heterocycles. The fraction of sp³-hybridized carbons (Fsp3) is 1.00. The smallest absolute Gasteiger partial charge is 0.00385 e. The van der Waals surface area contributed by atoms with Crippen molar-refractivity contribution in [1.82, 2.24) is 5.32 Å². The van der Waals surface area contributed by atoms with Gasteiger partial charge >= 0.3 is 0 Å². The van der Waals surface area contributed by atoms with Crippen LogP contribution in [-0.4, -0.2) is 12.6 Å². The van der Waals surface area contributed by atoms with Gasteiger partial charge in [-0.3, -0.25) is 0 Å². The van der Waals surface area contributed by atoms with Gasteiger partial charge < -0.3 is 5.32 Å². The molecule has 0 spiro atoms. The van der Waals surface area contributed by atoms with E-state index in [1.54, 1.807) is 0 Å². The van der Waals surface area contributed by atoms with Gasteiger partial charge in [-0.25, -0.2) is 0 Å². The summed E-state index contributed by atoms with van der Waals surface area (Å²) >= 11 is 0. The Morgan fingerprint density at radius 2 is 2.00 bits per heavy atom. The summed E-state index contributed by atoms with van der Waals surface area (Å²) in [7, 11) is 0. The highest BCUT2D eigenvalue weighted by molar-refractivity contribution is 4.55. The van der Waals surface area contributed by atoms with Crippen molar-refractivity contribution in [3.05, 3.63) is 0 Å². The van der Waals surface area contributed by atoms with Gasteiger partial charge in [-0.05, 0) is 19.9 Å². The van der Waals surface area contributed by atoms with Gasteiger partial charge in [-0.1, -0.05) is 20.3 Å². The first-order valence-corrected chi connectivity index (χ1v) is 3.54. The van der Waals surface area contributed by atoms with E-state index in [1.165, 1.54) is 12.8 Å². The molecule has 0 aromatic rings. The number of nitrogens with one attached hydrogen (secondary N) is 1. The van der Waals surface area contributed by atoms with E-state index in [4.69, 9.17) is 0 Å². The van der Waals surface area contributed by atoms with Gasteiger partial charge in [0.1, 0.15) is 0 Å². The molecule has 0 rings (SSSR count). The van der Waals surface area contributed by atoms with Crippen molar-refractivity contribution in [3.63, 3.8) is 0 Å². The molecule has 8 heavy (non-hydrogen) atoms. The van der Waals surface area contributed by atoms with Crippen molar-refractivity contribution in [1.29, 1.82) is 0 Å². The molecule has 1 heteroatoms. The highest BCUT2D eigenvalue weighted by Crippen LogP contribution is 1.92. The summed E-state index contributed by atoms with van der Waals surface area (Å²) in [6.07, 6.45) is 2.59. The van der Waals surface area contributed by atoms with Gasteiger partial charge in [0.25, 0.3) is 0 Å². The topological polar surface area (TPSA) is 12.0 Å². The molecular weight excluding hydrogens is 98.1 g/mol. The van der Waals surface area contributed by atoms with Crippen LogP contribution in [0.15, 0.2) is 0 Å². The predicted molar refractivity (Wildman–Crippen MR) is 38.0 cm³/mol. The monoisotopic (exact) mass is 115 g/mol. The molecule has 1 N–H and O–H groups in total. The molecule has 1 atom stereocenters. The molecular formula is C7H17N. The van der Waals surface area contributed by atoms with Crippen LogP contribution in [0.1, 0.15) is 33.6 Å². The van der Waals surface area contributed by atoms with E-state index < -0.39 is 0 Å². The predicted octanol–water partition coefficient (Wildman–Crippen LogP) is 1.78. The van der Waals surface area contributed by atoms with Crippen molar-refractivity contribution in [2.45, 2.75) is 39.7 Å². The Balaban J connectivity index is 2.92. The van der Waals surface area contributed by atoms with E-state index >= 15 is 0 Å². The minimum Gasteiger partial charge on any atom is -0.315 e. The summed E-state index contributed by atoms with van der Waals surface area (Å²) in [4.78, 5) is 0. The van der Waals surface area contributed by atoms with Gasteiger partial charge in [0.2, 0.25) is 0 Å². The average Bonchev–Trinajstić information content (AvgIpc) is 1.68. The van der Waals surface area contributed by atoms with Crippen LogP contribution < -0.4 is 5.32 Å². The second-order valence-corrected chi connectivity index (χ2v) is 2.25. The highest BCUT2D eigenvalue weighted by atomic mass is 14.9. The summed E-state index contributed by atoms with van der Waals surface area (Å²) in [5, 5.41) is 3.35. The fourth-order valence-corrected chi connectivity index (χ4v) is 0.884. The van der Waals surface area contributed by atoms with Crippen LogP contribution in [0, 0.1) is 0 Å². The largest absolute Gasteiger partial charge is 0.315 e. The summed E-state index contributed by atoms with van der Waals surface area (Å²) < 4.78 is 0. The fourth-order valence-electron chi connectivity index (χ4n) is 0.884. The van der Waals surface area contributed by atoms with Gasteiger partial charge in [0.05, 0.1) is 0 Å². The number of hydrogen-bond donors (Lipinski definition) is 1. The third-order valence-corrected chi connectivity index (χ3v) is 1.27. The lowest BCUT2D eigenvalue weighted by atomic mass is 10.2. The quantitative estimate of drug-likeness (QED) is 0.589. The van der Waals surface area contributed by atoms with E-state index in [0.717, 1.165) is 6.54 Å². The minimum atomic E-state index is 0.713. The Kier molecular flexibility index (Phi) is 5.08. The lowest BCUT2D eigenvalue weighted by Gasteiger charge is -2.08. The van der Waals surface area contributed by atoms with Crippen LogP contribution in [0.2, 0.25) is 0 Å². The van der Waals surface area contributed by atoms with Crippen molar-refractivity contribution in [3.8, 4) is 0 Å². The Hall–Kier alpha value is -0.0400. The molecule has 1 nitrogen and oxygen atoms in total. The molecule has 0 saturated heterocycles. The molecule has 0 saturated carbocycles. The molecule has 0 aromatic heterocycles. The molecule has 0 aromatic carbocycles. The summed E-state index contributed by atoms with van der Waals surface area (Å²) in [5.41, 5.74) is 0. The lowest BCUT2D eigenvalue weighted by molar-refractivity contribution is 0.524. The molecule has 0 unspecified atom stereocenters. The zero-order chi connectivity index (χ0) is 6.41. The van der Waals surface area contributed by atoms with Crippen molar-refractivity contribution in [2.24, 2.45) is 0 Å². The second kappa shape index (κ2) is 5.10. The zero-order valence-electron chi connectivity index (χ0n) is 6.20. The van der Waals surface area contributed by atoms with E-state index in [9.17, 15) is 0 Å². The normalized spacial score (nSPS) is 13.9. The molecule has 0 radical (unpaired) electrons. The molecule has 0 heterocycles. The summed E-state index contributed by atoms with van der Waals surface area (Å²) in [6.45, 7) is 7.69. The lowest BCUT2D eigenvalue weighted by Crippen LogP contribution is -2.24. The van der Waals surface area contributed by atoms with Crippen LogP contribution in [-0.2, 0) is 0 Å². The molecule has 0 bridgehead atoms. The Bertz CT molecular complexity index is 37.7. The third kappa shape index (κ3) is 4.13. The van der Waals surface area contributed by atoms with E-state index in [2.05, 4.69) is 26.1 Å². The van der Waals surface area contributed by atoms with Gasteiger partial charge in [-0.15, -0.1) is 0 Å². The van der Waals surface area contributed by atoms with Crippen LogP contribution in [0.3, 0.4) is 0 Å². The van der Waals surface area contributed by atoms with E-state index in [1.807, 2.05) is 0 Å². The van der Waals surface area contributed by atoms with Crippen molar-refractivity contribution in [2.75, 3.05) is 6.54 Å². The van der Waals surface area contributed by atoms with E-state index in [-0.39, 0.29) is 0 Å². The first-order chi connectivity index (χ1) is 3.81. The van der Waals surface area contributed by atoms with Crippen LogP contribution >= 0.6 is 0 Å². The second-order valence-electron chi connectivity index (χ2n) is 2.25. The maximum absolute atomic E-state index is 3.35. The van der Waals surface area contributed by atoms with Crippen LogP contribution in [0.4, 0.5) is 0 Å². The van der Waals surface area contributed by atoms with Crippen LogP contribution in [0.5, 0.6) is 0 Å². The Morgan fingerprint density at radius 1 is 1.38 bits per heavy atom. The van der Waals surface area contributed by atoms with Crippen molar-refractivity contribution >= 4 is 0 Å². The Morgan fingerprint density at radius 3 is 2.38 bits per heavy atom. The molecule has 0 amide bonds. The number of rotatable bonds is 4. The van der Waals surface area contributed by atoms with Crippen LogP contribution in [0.25, 0.3) is 0 Å². The zero-order valence-corrected chi connectivity index (χ0v) is 6.20. The number of hydrogen-bond acceptors (Lipinski definition) is 1. The average molecular weight is 115 g/mol. The van der Waals surface area contributed by atoms with Gasteiger partial charge in [0.15, 0.2) is 0 Å². The van der Waals surface area contributed by atoms with Gasteiger partial charge in [-0.2, -0.15) is 0 Å². The summed E-state index contributed by atoms with van der Waals surface area (Å²) in [6, 6.07) is 0.713. The molecule has 0 aliphatic carbocycles. The molecule has 0 fully saturated rings. The standard InChI is InChI=1S/C7H17N/c1-4-6-7(3)8-5-2/h7-8H,4-6H2,1-3H3/t7-/m1/s1. The maximum Gasteiger partial charge on any atom is 0.00385 e. The maximum atomic E-state index is 3.35. The van der Waals surface area contributed by atoms with E-state index in [0.29, 0.717) is 6.04 Å².